The number of carboxylic acid groups (broad SMARTS) is 1. The second kappa shape index (κ2) is 6.85. The average Bonchev–Trinajstić information content (AvgIpc) is 2.66. The van der Waals surface area contributed by atoms with Gasteiger partial charge in [-0.05, 0) is 13.3 Å². The van der Waals surface area contributed by atoms with Gasteiger partial charge in [-0.3, -0.25) is 9.59 Å². The van der Waals surface area contributed by atoms with Crippen LogP contribution in [0.4, 0.5) is 0 Å². The molecular weight excluding hydrogens is 272 g/mol. The Bertz CT molecular complexity index is 434. The van der Waals surface area contributed by atoms with E-state index in [9.17, 15) is 18.0 Å². The molecule has 19 heavy (non-hydrogen) atoms. The van der Waals surface area contributed by atoms with Gasteiger partial charge < -0.3 is 10.0 Å². The van der Waals surface area contributed by atoms with E-state index in [1.807, 2.05) is 0 Å². The minimum absolute atomic E-state index is 0.0956. The highest BCUT2D eigenvalue weighted by atomic mass is 32.2. The van der Waals surface area contributed by atoms with Crippen LogP contribution in [0.25, 0.3) is 0 Å². The van der Waals surface area contributed by atoms with Crippen LogP contribution >= 0.6 is 0 Å². The van der Waals surface area contributed by atoms with Crippen LogP contribution in [0.1, 0.15) is 26.2 Å². The fourth-order valence-corrected chi connectivity index (χ4v) is 3.54. The summed E-state index contributed by atoms with van der Waals surface area (Å²) in [5.41, 5.74) is 0. The molecule has 1 amide bonds. The third kappa shape index (κ3) is 4.79. The average molecular weight is 292 g/mol. The van der Waals surface area contributed by atoms with Gasteiger partial charge in [0.1, 0.15) is 0 Å². The van der Waals surface area contributed by atoms with Crippen LogP contribution < -0.4 is 0 Å². The minimum atomic E-state index is -3.17. The minimum Gasteiger partial charge on any atom is -0.481 e. The molecule has 0 aromatic rings. The van der Waals surface area contributed by atoms with Crippen molar-refractivity contribution in [3.63, 3.8) is 0 Å². The summed E-state index contributed by atoms with van der Waals surface area (Å²) in [4.78, 5) is 23.8. The fraction of sp³-hybridized carbons (Fsp3) is 0.818. The summed E-state index contributed by atoms with van der Waals surface area (Å²) in [5, 5.41) is 8.59. The van der Waals surface area contributed by atoms with E-state index in [0.717, 1.165) is 0 Å². The molecule has 1 rings (SSSR count). The summed E-state index contributed by atoms with van der Waals surface area (Å²) in [5.74, 6) is -1.00. The highest BCUT2D eigenvalue weighted by Gasteiger charge is 2.28. The molecule has 0 bridgehead atoms. The molecule has 7 nitrogen and oxygen atoms in total. The molecular formula is C11H20N2O5S. The summed E-state index contributed by atoms with van der Waals surface area (Å²) in [6.07, 6.45) is 0.612. The first kappa shape index (κ1) is 15.9. The van der Waals surface area contributed by atoms with Crippen molar-refractivity contribution in [1.29, 1.82) is 0 Å². The second-order valence-corrected chi connectivity index (χ2v) is 6.52. The Morgan fingerprint density at radius 1 is 1.32 bits per heavy atom. The van der Waals surface area contributed by atoms with Gasteiger partial charge in [0.2, 0.25) is 15.9 Å². The van der Waals surface area contributed by atoms with Crippen molar-refractivity contribution in [2.75, 3.05) is 31.9 Å². The van der Waals surface area contributed by atoms with Crippen LogP contribution in [0.15, 0.2) is 0 Å². The van der Waals surface area contributed by atoms with E-state index in [2.05, 4.69) is 0 Å². The number of carboxylic acids is 1. The number of rotatable bonds is 7. The van der Waals surface area contributed by atoms with E-state index in [1.54, 1.807) is 6.92 Å². The molecule has 0 spiro atoms. The fourth-order valence-electron chi connectivity index (χ4n) is 2.01. The predicted octanol–water partition coefficient (Wildman–Crippen LogP) is -0.265. The number of sulfonamides is 1. The maximum absolute atomic E-state index is 11.9. The molecule has 0 saturated carbocycles. The predicted molar refractivity (Wildman–Crippen MR) is 69.1 cm³/mol. The lowest BCUT2D eigenvalue weighted by atomic mass is 10.3. The summed E-state index contributed by atoms with van der Waals surface area (Å²) in [6.45, 7) is 3.02. The Morgan fingerprint density at radius 3 is 2.47 bits per heavy atom. The van der Waals surface area contributed by atoms with E-state index in [-0.39, 0.29) is 37.6 Å². The molecule has 1 saturated heterocycles. The molecule has 0 unspecified atom stereocenters. The summed E-state index contributed by atoms with van der Waals surface area (Å²) in [7, 11) is -3.17. The zero-order valence-corrected chi connectivity index (χ0v) is 11.9. The first-order chi connectivity index (χ1) is 8.86. The van der Waals surface area contributed by atoms with Crippen molar-refractivity contribution in [3.05, 3.63) is 0 Å². The van der Waals surface area contributed by atoms with E-state index < -0.39 is 16.0 Å². The van der Waals surface area contributed by atoms with Crippen LogP contribution in [-0.4, -0.2) is 66.5 Å². The van der Waals surface area contributed by atoms with Crippen LogP contribution in [0, 0.1) is 0 Å². The molecule has 0 aromatic carbocycles. The topological polar surface area (TPSA) is 95.0 Å². The highest BCUT2D eigenvalue weighted by Crippen LogP contribution is 2.13. The lowest BCUT2D eigenvalue weighted by Crippen LogP contribution is -2.36. The normalized spacial score (nSPS) is 18.4. The van der Waals surface area contributed by atoms with Gasteiger partial charge in [-0.15, -0.1) is 0 Å². The van der Waals surface area contributed by atoms with Gasteiger partial charge in [0.15, 0.2) is 0 Å². The standard InChI is InChI=1S/C11H20N2O5S/c1-2-12(7-5-11(15)16)10(14)4-8-13-6-3-9-19(13,17)18/h2-9H2,1H3,(H,15,16). The maximum atomic E-state index is 11.9. The first-order valence-corrected chi connectivity index (χ1v) is 7.95. The van der Waals surface area contributed by atoms with Gasteiger partial charge in [-0.25, -0.2) is 12.7 Å². The van der Waals surface area contributed by atoms with Gasteiger partial charge in [0.25, 0.3) is 0 Å². The Morgan fingerprint density at radius 2 is 2.00 bits per heavy atom. The maximum Gasteiger partial charge on any atom is 0.305 e. The SMILES string of the molecule is CCN(CCC(=O)O)C(=O)CCN1CCCS1(=O)=O. The van der Waals surface area contributed by atoms with Gasteiger partial charge in [0.05, 0.1) is 12.2 Å². The Hall–Kier alpha value is -1.15. The lowest BCUT2D eigenvalue weighted by Gasteiger charge is -2.21. The number of carbonyl (C=O) groups is 2. The molecule has 8 heteroatoms. The highest BCUT2D eigenvalue weighted by molar-refractivity contribution is 7.89. The van der Waals surface area contributed by atoms with Crippen LogP contribution in [0.5, 0.6) is 0 Å². The van der Waals surface area contributed by atoms with Crippen molar-refractivity contribution < 1.29 is 23.1 Å². The van der Waals surface area contributed by atoms with Gasteiger partial charge >= 0.3 is 5.97 Å². The van der Waals surface area contributed by atoms with E-state index >= 15 is 0 Å². The molecule has 0 aliphatic carbocycles. The van der Waals surface area contributed by atoms with Crippen molar-refractivity contribution >= 4 is 21.9 Å². The second-order valence-electron chi connectivity index (χ2n) is 4.44. The third-order valence-corrected chi connectivity index (χ3v) is 5.06. The van der Waals surface area contributed by atoms with E-state index in [4.69, 9.17) is 5.11 Å². The van der Waals surface area contributed by atoms with Gasteiger partial charge in [0, 0.05) is 32.6 Å². The number of aliphatic carboxylic acids is 1. The quantitative estimate of drug-likeness (QED) is 0.697. The molecule has 110 valence electrons. The summed E-state index contributed by atoms with van der Waals surface area (Å²) in [6, 6.07) is 0. The Labute approximate surface area is 113 Å². The zero-order chi connectivity index (χ0) is 14.5. The Kier molecular flexibility index (Phi) is 5.74. The molecule has 0 aromatic heterocycles. The lowest BCUT2D eigenvalue weighted by molar-refractivity contribution is -0.138. The number of nitrogens with zero attached hydrogens (tertiary/aromatic N) is 2. The van der Waals surface area contributed by atoms with E-state index in [1.165, 1.54) is 9.21 Å². The van der Waals surface area contributed by atoms with Crippen molar-refractivity contribution in [2.24, 2.45) is 0 Å². The number of hydrogen-bond acceptors (Lipinski definition) is 4. The molecule has 1 aliphatic rings. The molecule has 0 radical (unpaired) electrons. The van der Waals surface area contributed by atoms with Crippen LogP contribution in [-0.2, 0) is 19.6 Å². The van der Waals surface area contributed by atoms with Gasteiger partial charge in [-0.1, -0.05) is 0 Å². The molecule has 1 fully saturated rings. The Balaban J connectivity index is 2.42. The number of carbonyl (C=O) groups excluding carboxylic acids is 1. The first-order valence-electron chi connectivity index (χ1n) is 6.34. The summed E-state index contributed by atoms with van der Waals surface area (Å²) < 4.78 is 24.4. The monoisotopic (exact) mass is 292 g/mol. The zero-order valence-electron chi connectivity index (χ0n) is 11.0. The van der Waals surface area contributed by atoms with E-state index in [0.29, 0.717) is 19.5 Å². The van der Waals surface area contributed by atoms with Crippen molar-refractivity contribution in [2.45, 2.75) is 26.2 Å². The third-order valence-electron chi connectivity index (χ3n) is 3.11. The smallest absolute Gasteiger partial charge is 0.305 e. The van der Waals surface area contributed by atoms with Crippen molar-refractivity contribution in [1.82, 2.24) is 9.21 Å². The largest absolute Gasteiger partial charge is 0.481 e. The van der Waals surface area contributed by atoms with Crippen molar-refractivity contribution in [3.8, 4) is 0 Å². The molecule has 0 atom stereocenters. The van der Waals surface area contributed by atoms with Crippen LogP contribution in [0.2, 0.25) is 0 Å². The molecule has 1 heterocycles. The van der Waals surface area contributed by atoms with Crippen LogP contribution in [0.3, 0.4) is 0 Å². The molecule has 1 aliphatic heterocycles. The molecule has 1 N–H and O–H groups in total. The summed E-state index contributed by atoms with van der Waals surface area (Å²) >= 11 is 0. The number of amides is 1. The van der Waals surface area contributed by atoms with Gasteiger partial charge in [-0.2, -0.15) is 0 Å². The number of hydrogen-bond donors (Lipinski definition) is 1.